The van der Waals surface area contributed by atoms with Crippen LogP contribution in [-0.4, -0.2) is 59.9 Å². The molecule has 0 fully saturated rings. The van der Waals surface area contributed by atoms with E-state index >= 15 is 0 Å². The van der Waals surface area contributed by atoms with Gasteiger partial charge in [0.15, 0.2) is 6.10 Å². The number of esters is 2. The van der Waals surface area contributed by atoms with Gasteiger partial charge in [-0.2, -0.15) is 0 Å². The van der Waals surface area contributed by atoms with Gasteiger partial charge < -0.3 is 25.2 Å². The highest BCUT2D eigenvalue weighted by Gasteiger charge is 2.28. The van der Waals surface area contributed by atoms with E-state index < -0.39 is 57.7 Å². The summed E-state index contributed by atoms with van der Waals surface area (Å²) >= 11 is 0. The van der Waals surface area contributed by atoms with Gasteiger partial charge in [-0.1, -0.05) is 150 Å². The van der Waals surface area contributed by atoms with E-state index in [9.17, 15) is 23.8 Å². The minimum Gasteiger partial charge on any atom is -0.480 e. The van der Waals surface area contributed by atoms with E-state index in [1.807, 2.05) is 18.2 Å². The Morgan fingerprint density at radius 2 is 1.00 bits per heavy atom. The lowest BCUT2D eigenvalue weighted by molar-refractivity contribution is -0.161. The van der Waals surface area contributed by atoms with E-state index in [0.717, 1.165) is 51.4 Å². The highest BCUT2D eigenvalue weighted by molar-refractivity contribution is 7.47. The molecule has 0 aromatic heterocycles. The standard InChI is InChI=1S/C46H76NO10P/c1-3-5-7-9-11-13-15-17-19-20-21-22-24-26-28-30-32-34-36-38-45(49)57-42(40-55-58(52,53)56-41-43(47)46(50)51)39-54-44(48)37-35-33-31-29-27-25-23-18-16-14-12-10-8-6-4-2/h5,7,11,13,17,19,21-22,26-29,32,34,42-43H,3-4,6,8-10,12,14-16,18,20,23-25,30-31,33,35-41,47H2,1-2H3,(H,50,51)(H,52,53)/b7-5+,13-11+,19-17+,22-21+,28-26+,29-27+,34-32+/t42-,43+/m1/s1. The number of rotatable bonds is 39. The zero-order valence-electron chi connectivity index (χ0n) is 35.6. The van der Waals surface area contributed by atoms with E-state index in [0.29, 0.717) is 19.3 Å². The molecule has 1 unspecified atom stereocenters. The fraction of sp³-hybridized carbons (Fsp3) is 0.630. The van der Waals surface area contributed by atoms with Crippen molar-refractivity contribution in [2.75, 3.05) is 19.8 Å². The summed E-state index contributed by atoms with van der Waals surface area (Å²) in [5.74, 6) is -2.52. The Morgan fingerprint density at radius 1 is 0.552 bits per heavy atom. The SMILES string of the molecule is CC/C=C/C/C=C/C/C=C/C/C=C/C/C=C/C/C=C/CCC(=O)O[C@H](COC(=O)CCCC/C=C/CCCCCCCCCCC)COP(=O)(O)OC[C@H](N)C(=O)O. The maximum absolute atomic E-state index is 12.6. The van der Waals surface area contributed by atoms with Gasteiger partial charge in [-0.3, -0.25) is 23.4 Å². The van der Waals surface area contributed by atoms with Crippen LogP contribution in [0.4, 0.5) is 0 Å². The Hall–Kier alpha value is -3.34. The molecule has 0 aromatic carbocycles. The maximum Gasteiger partial charge on any atom is 0.472 e. The number of phosphoric acid groups is 1. The highest BCUT2D eigenvalue weighted by atomic mass is 31.2. The first-order valence-electron chi connectivity index (χ1n) is 21.6. The third-order valence-corrected chi connectivity index (χ3v) is 9.59. The molecule has 0 saturated heterocycles. The van der Waals surface area contributed by atoms with Crippen molar-refractivity contribution in [3.05, 3.63) is 85.1 Å². The van der Waals surface area contributed by atoms with Crippen LogP contribution in [0.5, 0.6) is 0 Å². The van der Waals surface area contributed by atoms with E-state index in [2.05, 4.69) is 85.2 Å². The Labute approximate surface area is 350 Å². The van der Waals surface area contributed by atoms with Crippen LogP contribution in [0.25, 0.3) is 0 Å². The Kier molecular flexibility index (Phi) is 38.1. The smallest absolute Gasteiger partial charge is 0.472 e. The Morgan fingerprint density at radius 3 is 1.52 bits per heavy atom. The number of nitrogens with two attached hydrogens (primary N) is 1. The molecule has 0 radical (unpaired) electrons. The Balaban J connectivity index is 4.54. The summed E-state index contributed by atoms with van der Waals surface area (Å²) in [6.07, 6.45) is 49.5. The number of carbonyl (C=O) groups excluding carboxylic acids is 2. The van der Waals surface area contributed by atoms with Crippen molar-refractivity contribution in [2.24, 2.45) is 5.73 Å². The van der Waals surface area contributed by atoms with Gasteiger partial charge in [-0.05, 0) is 77.0 Å². The highest BCUT2D eigenvalue weighted by Crippen LogP contribution is 2.43. The van der Waals surface area contributed by atoms with E-state index in [1.54, 1.807) is 0 Å². The summed E-state index contributed by atoms with van der Waals surface area (Å²) in [6.45, 7) is 2.58. The van der Waals surface area contributed by atoms with Crippen molar-refractivity contribution in [2.45, 2.75) is 167 Å². The average molecular weight is 834 g/mol. The van der Waals surface area contributed by atoms with Gasteiger partial charge in [-0.15, -0.1) is 0 Å². The molecule has 4 N–H and O–H groups in total. The van der Waals surface area contributed by atoms with Crippen LogP contribution in [0.3, 0.4) is 0 Å². The number of aliphatic carboxylic acids is 1. The van der Waals surface area contributed by atoms with Crippen LogP contribution in [0.1, 0.15) is 155 Å². The molecule has 0 aromatic rings. The predicted octanol–water partition coefficient (Wildman–Crippen LogP) is 11.5. The van der Waals surface area contributed by atoms with Gasteiger partial charge in [0.05, 0.1) is 13.2 Å². The second kappa shape index (κ2) is 40.4. The number of unbranched alkanes of at least 4 members (excludes halogenated alkanes) is 11. The summed E-state index contributed by atoms with van der Waals surface area (Å²) in [7, 11) is -4.74. The Bertz CT molecular complexity index is 1300. The molecule has 0 aliphatic carbocycles. The number of phosphoric ester groups is 1. The zero-order chi connectivity index (χ0) is 42.8. The zero-order valence-corrected chi connectivity index (χ0v) is 36.5. The normalized spacial score (nSPS) is 14.6. The van der Waals surface area contributed by atoms with E-state index in [-0.39, 0.29) is 12.8 Å². The monoisotopic (exact) mass is 834 g/mol. The molecular formula is C46H76NO10P. The van der Waals surface area contributed by atoms with Crippen molar-refractivity contribution >= 4 is 25.7 Å². The van der Waals surface area contributed by atoms with E-state index in [4.69, 9.17) is 24.8 Å². The number of carbonyl (C=O) groups is 3. The topological polar surface area (TPSA) is 172 Å². The summed E-state index contributed by atoms with van der Waals surface area (Å²) in [5.41, 5.74) is 5.32. The van der Waals surface area contributed by atoms with Crippen molar-refractivity contribution in [3.63, 3.8) is 0 Å². The molecule has 0 rings (SSSR count). The molecule has 0 aliphatic heterocycles. The van der Waals surface area contributed by atoms with Gasteiger partial charge in [0, 0.05) is 12.8 Å². The molecule has 0 amide bonds. The quantitative estimate of drug-likeness (QED) is 0.0233. The van der Waals surface area contributed by atoms with Gasteiger partial charge in [0.1, 0.15) is 12.6 Å². The number of hydrogen-bond acceptors (Lipinski definition) is 9. The minimum atomic E-state index is -4.74. The molecule has 3 atom stereocenters. The molecule has 0 saturated carbocycles. The van der Waals surface area contributed by atoms with Crippen LogP contribution < -0.4 is 5.73 Å². The molecule has 12 heteroatoms. The van der Waals surface area contributed by atoms with Gasteiger partial charge in [-0.25, -0.2) is 4.57 Å². The van der Waals surface area contributed by atoms with Crippen molar-refractivity contribution in [3.8, 4) is 0 Å². The van der Waals surface area contributed by atoms with Crippen LogP contribution in [0.2, 0.25) is 0 Å². The van der Waals surface area contributed by atoms with Crippen molar-refractivity contribution < 1.29 is 47.5 Å². The third kappa shape index (κ3) is 39.5. The molecule has 11 nitrogen and oxygen atoms in total. The third-order valence-electron chi connectivity index (χ3n) is 8.64. The van der Waals surface area contributed by atoms with Crippen molar-refractivity contribution in [1.82, 2.24) is 0 Å². The number of allylic oxidation sites excluding steroid dienone is 14. The van der Waals surface area contributed by atoms with Gasteiger partial charge in [0.25, 0.3) is 0 Å². The molecule has 330 valence electrons. The lowest BCUT2D eigenvalue weighted by atomic mass is 10.1. The molecule has 0 aliphatic rings. The fourth-order valence-electron chi connectivity index (χ4n) is 5.26. The lowest BCUT2D eigenvalue weighted by Gasteiger charge is -2.20. The summed E-state index contributed by atoms with van der Waals surface area (Å²) in [4.78, 5) is 45.9. The number of ether oxygens (including phenoxy) is 2. The summed E-state index contributed by atoms with van der Waals surface area (Å²) in [5, 5.41) is 8.88. The first-order valence-corrected chi connectivity index (χ1v) is 23.1. The number of carboxylic acid groups (broad SMARTS) is 1. The molecule has 0 heterocycles. The molecule has 58 heavy (non-hydrogen) atoms. The van der Waals surface area contributed by atoms with Crippen LogP contribution in [0.15, 0.2) is 85.1 Å². The number of hydrogen-bond donors (Lipinski definition) is 3. The molecule has 0 spiro atoms. The number of carboxylic acids is 1. The second-order valence-electron chi connectivity index (χ2n) is 14.1. The van der Waals surface area contributed by atoms with Gasteiger partial charge in [0.2, 0.25) is 0 Å². The minimum absolute atomic E-state index is 0.0278. The fourth-order valence-corrected chi connectivity index (χ4v) is 6.04. The average Bonchev–Trinajstić information content (AvgIpc) is 3.20. The van der Waals surface area contributed by atoms with Crippen LogP contribution >= 0.6 is 7.82 Å². The summed E-state index contributed by atoms with van der Waals surface area (Å²) < 4.78 is 32.6. The van der Waals surface area contributed by atoms with Crippen LogP contribution in [0, 0.1) is 0 Å². The van der Waals surface area contributed by atoms with E-state index in [1.165, 1.54) is 57.8 Å². The maximum atomic E-state index is 12.6. The first-order chi connectivity index (χ1) is 28.1. The largest absolute Gasteiger partial charge is 0.480 e. The van der Waals surface area contributed by atoms with Crippen molar-refractivity contribution in [1.29, 1.82) is 0 Å². The second-order valence-corrected chi connectivity index (χ2v) is 15.5. The van der Waals surface area contributed by atoms with Crippen LogP contribution in [-0.2, 0) is 37.5 Å². The lowest BCUT2D eigenvalue weighted by Crippen LogP contribution is -2.34. The predicted molar refractivity (Wildman–Crippen MR) is 235 cm³/mol. The molecular weight excluding hydrogens is 757 g/mol. The summed E-state index contributed by atoms with van der Waals surface area (Å²) in [6, 6.07) is -1.54. The molecule has 0 bridgehead atoms. The first kappa shape index (κ1) is 54.7. The van der Waals surface area contributed by atoms with Gasteiger partial charge >= 0.3 is 25.7 Å².